The number of hydrogen-bond donors (Lipinski definition) is 1. The summed E-state index contributed by atoms with van der Waals surface area (Å²) in [6.07, 6.45) is -4.22. The van der Waals surface area contributed by atoms with Crippen LogP contribution in [0.4, 0.5) is 13.2 Å². The summed E-state index contributed by atoms with van der Waals surface area (Å²) in [5.41, 5.74) is 5.55. The smallest absolute Gasteiger partial charge is 0.371 e. The maximum atomic E-state index is 11.6. The molecule has 84 valence electrons. The number of nitrogens with two attached hydrogens (primary N) is 1. The lowest BCUT2D eigenvalue weighted by Crippen LogP contribution is -2.65. The van der Waals surface area contributed by atoms with Gasteiger partial charge in [0.1, 0.15) is 6.61 Å². The summed E-state index contributed by atoms with van der Waals surface area (Å²) in [5, 5.41) is 0. The second-order valence-corrected chi connectivity index (χ2v) is 4.03. The number of alkyl halides is 3. The van der Waals surface area contributed by atoms with E-state index in [-0.39, 0.29) is 12.1 Å². The van der Waals surface area contributed by atoms with Crippen LogP contribution < -0.4 is 5.73 Å². The van der Waals surface area contributed by atoms with Gasteiger partial charge in [0.25, 0.3) is 0 Å². The van der Waals surface area contributed by atoms with Gasteiger partial charge in [0.05, 0.1) is 6.61 Å². The average molecular weight is 212 g/mol. The van der Waals surface area contributed by atoms with Gasteiger partial charge in [-0.15, -0.1) is 0 Å². The van der Waals surface area contributed by atoms with E-state index >= 15 is 0 Å². The number of ether oxygens (including phenoxy) is 1. The van der Waals surface area contributed by atoms with Crippen molar-refractivity contribution < 1.29 is 17.9 Å². The maximum absolute atomic E-state index is 11.6. The Labute approximate surface area is 81.0 Å². The van der Waals surface area contributed by atoms with Crippen molar-refractivity contribution in [3.8, 4) is 0 Å². The van der Waals surface area contributed by atoms with Crippen LogP contribution in [0.5, 0.6) is 0 Å². The third-order valence-electron chi connectivity index (χ3n) is 1.99. The summed E-state index contributed by atoms with van der Waals surface area (Å²) in [4.78, 5) is 1.97. The molecule has 1 saturated heterocycles. The molecule has 0 aromatic carbocycles. The highest BCUT2D eigenvalue weighted by Crippen LogP contribution is 2.17. The van der Waals surface area contributed by atoms with Gasteiger partial charge in [0.2, 0.25) is 0 Å². The molecule has 0 saturated carbocycles. The summed E-state index contributed by atoms with van der Waals surface area (Å²) < 4.78 is 39.4. The summed E-state index contributed by atoms with van der Waals surface area (Å²) in [6, 6.07) is 0. The topological polar surface area (TPSA) is 38.5 Å². The largest absolute Gasteiger partial charge is 0.411 e. The molecule has 0 atom stereocenters. The first kappa shape index (κ1) is 11.7. The quantitative estimate of drug-likeness (QED) is 0.693. The molecule has 0 aromatic rings. The van der Waals surface area contributed by atoms with Crippen LogP contribution in [0.15, 0.2) is 0 Å². The van der Waals surface area contributed by atoms with Gasteiger partial charge in [-0.05, 0) is 6.92 Å². The van der Waals surface area contributed by atoms with E-state index in [0.29, 0.717) is 6.54 Å². The van der Waals surface area contributed by atoms with Crippen LogP contribution in [0, 0.1) is 0 Å². The molecule has 1 fully saturated rings. The van der Waals surface area contributed by atoms with Crippen molar-refractivity contribution in [2.24, 2.45) is 5.73 Å². The van der Waals surface area contributed by atoms with Crippen molar-refractivity contribution in [2.45, 2.75) is 18.6 Å². The third-order valence-corrected chi connectivity index (χ3v) is 1.99. The highest BCUT2D eigenvalue weighted by molar-refractivity contribution is 4.95. The van der Waals surface area contributed by atoms with Crippen LogP contribution in [0.1, 0.15) is 6.92 Å². The molecular formula is C8H15F3N2O. The first-order chi connectivity index (χ1) is 6.29. The molecule has 0 aliphatic carbocycles. The first-order valence-corrected chi connectivity index (χ1v) is 4.44. The van der Waals surface area contributed by atoms with E-state index in [1.165, 1.54) is 0 Å². The normalized spacial score (nSPS) is 22.1. The fraction of sp³-hybridized carbons (Fsp3) is 1.00. The molecule has 14 heavy (non-hydrogen) atoms. The van der Waals surface area contributed by atoms with Crippen LogP contribution >= 0.6 is 0 Å². The van der Waals surface area contributed by atoms with Gasteiger partial charge in [0.15, 0.2) is 0 Å². The van der Waals surface area contributed by atoms with Crippen molar-refractivity contribution >= 4 is 0 Å². The zero-order chi connectivity index (χ0) is 10.8. The molecule has 0 radical (unpaired) electrons. The Morgan fingerprint density at radius 2 is 2.00 bits per heavy atom. The Bertz CT molecular complexity index is 186. The number of nitrogens with zero attached hydrogens (tertiary/aromatic N) is 1. The fourth-order valence-corrected chi connectivity index (χ4v) is 1.51. The van der Waals surface area contributed by atoms with Gasteiger partial charge in [-0.1, -0.05) is 0 Å². The molecular weight excluding hydrogens is 197 g/mol. The Morgan fingerprint density at radius 3 is 2.43 bits per heavy atom. The predicted molar refractivity (Wildman–Crippen MR) is 45.9 cm³/mol. The lowest BCUT2D eigenvalue weighted by molar-refractivity contribution is -0.175. The lowest BCUT2D eigenvalue weighted by Gasteiger charge is -2.45. The van der Waals surface area contributed by atoms with Crippen LogP contribution in [-0.2, 0) is 4.74 Å². The van der Waals surface area contributed by atoms with Crippen LogP contribution in [0.25, 0.3) is 0 Å². The molecule has 0 bridgehead atoms. The molecule has 1 heterocycles. The minimum atomic E-state index is -4.22. The third kappa shape index (κ3) is 4.26. The summed E-state index contributed by atoms with van der Waals surface area (Å²) in [5.74, 6) is 0. The zero-order valence-corrected chi connectivity index (χ0v) is 8.10. The Morgan fingerprint density at radius 1 is 1.43 bits per heavy atom. The maximum Gasteiger partial charge on any atom is 0.411 e. The molecule has 1 rings (SSSR count). The van der Waals surface area contributed by atoms with Gasteiger partial charge >= 0.3 is 6.18 Å². The summed E-state index contributed by atoms with van der Waals surface area (Å²) >= 11 is 0. The molecule has 1 aliphatic rings. The minimum absolute atomic E-state index is 0.107. The van der Waals surface area contributed by atoms with Crippen molar-refractivity contribution in [3.63, 3.8) is 0 Å². The molecule has 6 heteroatoms. The van der Waals surface area contributed by atoms with Crippen molar-refractivity contribution in [1.82, 2.24) is 4.90 Å². The van der Waals surface area contributed by atoms with E-state index in [9.17, 15) is 13.2 Å². The van der Waals surface area contributed by atoms with Crippen LogP contribution in [0.2, 0.25) is 0 Å². The first-order valence-electron chi connectivity index (χ1n) is 4.44. The predicted octanol–water partition coefficient (Wildman–Crippen LogP) is 0.598. The Hall–Kier alpha value is -0.330. The van der Waals surface area contributed by atoms with Gasteiger partial charge in [-0.2, -0.15) is 13.2 Å². The molecule has 2 N–H and O–H groups in total. The molecule has 1 aliphatic heterocycles. The van der Waals surface area contributed by atoms with E-state index in [4.69, 9.17) is 5.73 Å². The number of rotatable bonds is 4. The van der Waals surface area contributed by atoms with E-state index < -0.39 is 12.8 Å². The second-order valence-electron chi connectivity index (χ2n) is 4.03. The summed E-state index contributed by atoms with van der Waals surface area (Å²) in [6.45, 7) is 2.82. The van der Waals surface area contributed by atoms with Gasteiger partial charge in [0, 0.05) is 25.2 Å². The fourth-order valence-electron chi connectivity index (χ4n) is 1.51. The standard InChI is InChI=1S/C8H15F3N2O/c1-7(12)4-13(5-7)2-3-14-6-8(9,10)11/h2-6,12H2,1H3. The van der Waals surface area contributed by atoms with Crippen molar-refractivity contribution in [3.05, 3.63) is 0 Å². The minimum Gasteiger partial charge on any atom is -0.371 e. The average Bonchev–Trinajstić information content (AvgIpc) is 1.92. The monoisotopic (exact) mass is 212 g/mol. The Balaban J connectivity index is 1.96. The van der Waals surface area contributed by atoms with E-state index in [2.05, 4.69) is 4.74 Å². The summed E-state index contributed by atoms with van der Waals surface area (Å²) in [7, 11) is 0. The molecule has 0 amide bonds. The molecule has 0 unspecified atom stereocenters. The highest BCUT2D eigenvalue weighted by Gasteiger charge is 2.34. The van der Waals surface area contributed by atoms with Crippen molar-refractivity contribution in [2.75, 3.05) is 32.8 Å². The van der Waals surface area contributed by atoms with Gasteiger partial charge < -0.3 is 10.5 Å². The Kier molecular flexibility index (Phi) is 3.39. The van der Waals surface area contributed by atoms with E-state index in [1.54, 1.807) is 0 Å². The molecule has 0 spiro atoms. The van der Waals surface area contributed by atoms with Gasteiger partial charge in [-0.3, -0.25) is 4.90 Å². The van der Waals surface area contributed by atoms with Crippen LogP contribution in [-0.4, -0.2) is 49.5 Å². The second kappa shape index (κ2) is 4.04. The van der Waals surface area contributed by atoms with Crippen LogP contribution in [0.3, 0.4) is 0 Å². The molecule has 0 aromatic heterocycles. The van der Waals surface area contributed by atoms with Gasteiger partial charge in [-0.25, -0.2) is 0 Å². The highest BCUT2D eigenvalue weighted by atomic mass is 19.4. The number of halogens is 3. The molecule has 3 nitrogen and oxygen atoms in total. The zero-order valence-electron chi connectivity index (χ0n) is 8.10. The van der Waals surface area contributed by atoms with Crippen molar-refractivity contribution in [1.29, 1.82) is 0 Å². The number of hydrogen-bond acceptors (Lipinski definition) is 3. The van der Waals surface area contributed by atoms with E-state index in [0.717, 1.165) is 13.1 Å². The SMILES string of the molecule is CC1(N)CN(CCOCC(F)(F)F)C1. The van der Waals surface area contributed by atoms with E-state index in [1.807, 2.05) is 11.8 Å². The number of likely N-dealkylation sites (tertiary alicyclic amines) is 1. The lowest BCUT2D eigenvalue weighted by atomic mass is 9.94.